The quantitative estimate of drug-likeness (QED) is 0.0926. The Balaban J connectivity index is 1.67. The van der Waals surface area contributed by atoms with Crippen LogP contribution in [-0.2, 0) is 6.61 Å². The van der Waals surface area contributed by atoms with Crippen molar-refractivity contribution >= 4 is 39.3 Å². The summed E-state index contributed by atoms with van der Waals surface area (Å²) in [4.78, 5) is 11.4. The van der Waals surface area contributed by atoms with Crippen molar-refractivity contribution in [3.05, 3.63) is 97.2 Å². The third kappa shape index (κ3) is 7.03. The van der Waals surface area contributed by atoms with Gasteiger partial charge in [0.1, 0.15) is 23.4 Å². The van der Waals surface area contributed by atoms with E-state index in [9.17, 15) is 10.1 Å². The lowest BCUT2D eigenvalue weighted by Crippen LogP contribution is -2.12. The van der Waals surface area contributed by atoms with Gasteiger partial charge in [0.05, 0.1) is 18.2 Å². The number of methoxy groups -OCH3 is 1. The highest BCUT2D eigenvalue weighted by atomic mass is 79.9. The fourth-order valence-corrected chi connectivity index (χ4v) is 5.78. The molecule has 0 fully saturated rings. The zero-order chi connectivity index (χ0) is 27.9. The maximum Gasteiger partial charge on any atom is 0.220 e. The summed E-state index contributed by atoms with van der Waals surface area (Å²) in [5.41, 5.74) is 2.33. The van der Waals surface area contributed by atoms with E-state index >= 15 is 0 Å². The Labute approximate surface area is 243 Å². The molecule has 0 aliphatic heterocycles. The highest BCUT2D eigenvalue weighted by Crippen LogP contribution is 2.43. The molecule has 4 aromatic rings. The monoisotopic (exact) mass is 632 g/mol. The first-order valence-corrected chi connectivity index (χ1v) is 14.0. The molecule has 39 heavy (non-hydrogen) atoms. The van der Waals surface area contributed by atoms with Crippen molar-refractivity contribution in [2.75, 3.05) is 20.3 Å². The van der Waals surface area contributed by atoms with Crippen molar-refractivity contribution in [2.45, 2.75) is 30.9 Å². The van der Waals surface area contributed by atoms with Crippen molar-refractivity contribution < 1.29 is 19.1 Å². The van der Waals surface area contributed by atoms with Gasteiger partial charge in [-0.15, -0.1) is 10.2 Å². The Morgan fingerprint density at radius 2 is 1.87 bits per heavy atom. The van der Waals surface area contributed by atoms with Crippen molar-refractivity contribution in [2.24, 2.45) is 0 Å². The Bertz CT molecular complexity index is 1450. The van der Waals surface area contributed by atoms with Gasteiger partial charge in [0, 0.05) is 21.2 Å². The number of hydrogen-bond donors (Lipinski definition) is 0. The number of rotatable bonds is 12. The number of aromatic nitrogens is 3. The van der Waals surface area contributed by atoms with E-state index in [0.29, 0.717) is 44.1 Å². The number of benzene rings is 3. The summed E-state index contributed by atoms with van der Waals surface area (Å²) in [5, 5.41) is 20.8. The fourth-order valence-electron chi connectivity index (χ4n) is 3.86. The molecule has 0 bridgehead atoms. The maximum atomic E-state index is 11.7. The van der Waals surface area contributed by atoms with E-state index in [1.165, 1.54) is 11.8 Å². The number of hydrogen-bond acceptors (Lipinski definition) is 8. The molecule has 0 radical (unpaired) electrons. The van der Waals surface area contributed by atoms with Crippen LogP contribution in [0.15, 0.2) is 70.3 Å². The molecule has 0 saturated carbocycles. The van der Waals surface area contributed by atoms with Crippen LogP contribution in [0.25, 0.3) is 5.69 Å². The highest BCUT2D eigenvalue weighted by Gasteiger charge is 2.26. The van der Waals surface area contributed by atoms with Gasteiger partial charge >= 0.3 is 0 Å². The Morgan fingerprint density at radius 3 is 2.54 bits per heavy atom. The second-order valence-corrected chi connectivity index (χ2v) is 10.8. The van der Waals surface area contributed by atoms with E-state index in [1.807, 2.05) is 66.9 Å². The zero-order valence-corrected chi connectivity index (χ0v) is 24.6. The predicted molar refractivity (Wildman–Crippen MR) is 154 cm³/mol. The molecule has 0 N–H and O–H groups in total. The Morgan fingerprint density at radius 1 is 1.13 bits per heavy atom. The summed E-state index contributed by atoms with van der Waals surface area (Å²) >= 11 is 11.1. The van der Waals surface area contributed by atoms with Crippen LogP contribution < -0.4 is 14.2 Å². The van der Waals surface area contributed by atoms with Crippen LogP contribution in [0.3, 0.4) is 0 Å². The van der Waals surface area contributed by atoms with Crippen molar-refractivity contribution in [3.8, 4) is 22.9 Å². The lowest BCUT2D eigenvalue weighted by atomic mass is 10.1. The van der Waals surface area contributed by atoms with Gasteiger partial charge < -0.3 is 14.2 Å². The second-order valence-electron chi connectivity index (χ2n) is 8.33. The van der Waals surface area contributed by atoms with E-state index in [1.54, 1.807) is 19.2 Å². The molecule has 1 atom stereocenters. The van der Waals surface area contributed by atoms with E-state index in [-0.39, 0.29) is 18.1 Å². The molecule has 4 rings (SSSR count). The van der Waals surface area contributed by atoms with Crippen molar-refractivity contribution in [1.29, 1.82) is 0 Å². The number of nitro groups is 1. The molecule has 12 heteroatoms. The molecule has 0 aliphatic rings. The first kappa shape index (κ1) is 28.7. The second kappa shape index (κ2) is 13.2. The molecular formula is C27H26BrClN4O5S. The first-order chi connectivity index (χ1) is 18.8. The van der Waals surface area contributed by atoms with Crippen LogP contribution in [0.2, 0.25) is 5.02 Å². The summed E-state index contributed by atoms with van der Waals surface area (Å²) in [6, 6.07) is 18.5. The minimum atomic E-state index is -0.589. The molecule has 3 aromatic carbocycles. The fraction of sp³-hybridized carbons (Fsp3) is 0.259. The van der Waals surface area contributed by atoms with Crippen LogP contribution in [0, 0.1) is 17.0 Å². The van der Waals surface area contributed by atoms with E-state index in [0.717, 1.165) is 17.0 Å². The number of nitrogens with zero attached hydrogens (tertiary/aromatic N) is 4. The smallest absolute Gasteiger partial charge is 0.220 e. The van der Waals surface area contributed by atoms with Crippen LogP contribution in [0.5, 0.6) is 17.2 Å². The molecule has 1 aromatic heterocycles. The summed E-state index contributed by atoms with van der Waals surface area (Å²) in [5.74, 6) is 2.33. The Hall–Kier alpha value is -3.28. The summed E-state index contributed by atoms with van der Waals surface area (Å²) in [6.07, 6.45) is 0. The molecule has 204 valence electrons. The normalized spacial score (nSPS) is 11.7. The lowest BCUT2D eigenvalue weighted by Gasteiger charge is -2.19. The average molecular weight is 634 g/mol. The number of halogens is 2. The van der Waals surface area contributed by atoms with E-state index < -0.39 is 5.25 Å². The lowest BCUT2D eigenvalue weighted by molar-refractivity contribution is -0.479. The van der Waals surface area contributed by atoms with Crippen LogP contribution >= 0.6 is 39.3 Å². The summed E-state index contributed by atoms with van der Waals surface area (Å²) in [7, 11) is 1.60. The SMILES string of the molecule is CCOc1cc([C@@H](C[N+](=O)[O-])Sc2nnc(C)n2-c2ccc(OC)cc2)cc(Br)c1OCc1ccccc1Cl. The van der Waals surface area contributed by atoms with Gasteiger partial charge in [-0.1, -0.05) is 41.6 Å². The molecule has 9 nitrogen and oxygen atoms in total. The third-order valence-corrected chi connectivity index (χ3v) is 7.86. The Kier molecular flexibility index (Phi) is 9.71. The largest absolute Gasteiger partial charge is 0.497 e. The van der Waals surface area contributed by atoms with Crippen LogP contribution in [-0.4, -0.2) is 39.9 Å². The third-order valence-electron chi connectivity index (χ3n) is 5.72. The molecule has 0 amide bonds. The van der Waals surface area contributed by atoms with Gasteiger partial charge in [0.15, 0.2) is 16.7 Å². The summed E-state index contributed by atoms with van der Waals surface area (Å²) in [6.45, 7) is 3.98. The van der Waals surface area contributed by atoms with Crippen LogP contribution in [0.4, 0.5) is 0 Å². The van der Waals surface area contributed by atoms with Crippen molar-refractivity contribution in [1.82, 2.24) is 14.8 Å². The first-order valence-electron chi connectivity index (χ1n) is 12.0. The maximum absolute atomic E-state index is 11.7. The van der Waals surface area contributed by atoms with E-state index in [2.05, 4.69) is 26.1 Å². The highest BCUT2D eigenvalue weighted by molar-refractivity contribution is 9.10. The number of ether oxygens (including phenoxy) is 3. The minimum absolute atomic E-state index is 0.231. The van der Waals surface area contributed by atoms with Gasteiger partial charge in [0.25, 0.3) is 0 Å². The van der Waals surface area contributed by atoms with Gasteiger partial charge in [-0.25, -0.2) is 0 Å². The number of thioether (sulfide) groups is 1. The van der Waals surface area contributed by atoms with Gasteiger partial charge in [0.2, 0.25) is 6.54 Å². The molecule has 1 heterocycles. The molecule has 0 aliphatic carbocycles. The van der Waals surface area contributed by atoms with Gasteiger partial charge in [-0.05, 0) is 77.8 Å². The standard InChI is InChI=1S/C27H26BrClN4O5S/c1-4-37-24-14-19(13-22(28)26(24)38-16-18-7-5-6-8-23(18)29)25(15-32(34)35)39-27-31-30-17(2)33(27)20-9-11-21(36-3)12-10-20/h5-14,25H,4,15-16H2,1-3H3/t25-/m1/s1. The molecule has 0 saturated heterocycles. The minimum Gasteiger partial charge on any atom is -0.497 e. The predicted octanol–water partition coefficient (Wildman–Crippen LogP) is 7.09. The topological polar surface area (TPSA) is 102 Å². The summed E-state index contributed by atoms with van der Waals surface area (Å²) < 4.78 is 19.7. The average Bonchev–Trinajstić information content (AvgIpc) is 3.28. The number of aryl methyl sites for hydroxylation is 1. The molecule has 0 unspecified atom stereocenters. The van der Waals surface area contributed by atoms with E-state index in [4.69, 9.17) is 25.8 Å². The molecule has 0 spiro atoms. The van der Waals surface area contributed by atoms with Crippen LogP contribution in [0.1, 0.15) is 29.1 Å². The molecular weight excluding hydrogens is 608 g/mol. The zero-order valence-electron chi connectivity index (χ0n) is 21.5. The van der Waals surface area contributed by atoms with Gasteiger partial charge in [-0.3, -0.25) is 14.7 Å². The van der Waals surface area contributed by atoms with Crippen molar-refractivity contribution in [3.63, 3.8) is 0 Å². The van der Waals surface area contributed by atoms with Gasteiger partial charge in [-0.2, -0.15) is 0 Å².